The van der Waals surface area contributed by atoms with E-state index in [-0.39, 0.29) is 0 Å². The molecule has 1 aromatic carbocycles. The van der Waals surface area contributed by atoms with E-state index in [4.69, 9.17) is 0 Å². The predicted molar refractivity (Wildman–Crippen MR) is 73.9 cm³/mol. The summed E-state index contributed by atoms with van der Waals surface area (Å²) in [6.07, 6.45) is 4.38. The van der Waals surface area contributed by atoms with Crippen LogP contribution in [0.3, 0.4) is 0 Å². The second kappa shape index (κ2) is 4.61. The summed E-state index contributed by atoms with van der Waals surface area (Å²) in [5.74, 6) is 0.852. The fourth-order valence-electron chi connectivity index (χ4n) is 2.62. The molecule has 0 saturated carbocycles. The highest BCUT2D eigenvalue weighted by Gasteiger charge is 2.19. The van der Waals surface area contributed by atoms with Crippen LogP contribution in [0.5, 0.6) is 0 Å². The summed E-state index contributed by atoms with van der Waals surface area (Å²) in [5.41, 5.74) is 1.34. The second-order valence-corrected chi connectivity index (χ2v) is 7.09. The Bertz CT molecular complexity index is 700. The predicted octanol–water partition coefficient (Wildman–Crippen LogP) is 1.26. The highest BCUT2D eigenvalue weighted by molar-refractivity contribution is 7.91. The average Bonchev–Trinajstić information content (AvgIpc) is 2.95. The molecular formula is C13H17N3O2S. The third-order valence-corrected chi connectivity index (χ3v) is 4.65. The molecule has 0 amide bonds. The topological polar surface area (TPSA) is 74.8 Å². The van der Waals surface area contributed by atoms with E-state index in [9.17, 15) is 8.42 Å². The van der Waals surface area contributed by atoms with Crippen molar-refractivity contribution in [1.29, 1.82) is 0 Å². The van der Waals surface area contributed by atoms with E-state index >= 15 is 0 Å². The minimum absolute atomic E-state index is 0.298. The third-order valence-electron chi connectivity index (χ3n) is 3.53. The molecule has 2 aromatic rings. The number of benzene rings is 1. The number of nitrogens with zero attached hydrogens (tertiary/aromatic N) is 1. The minimum Gasteiger partial charge on any atom is -0.342 e. The molecule has 0 bridgehead atoms. The molecule has 1 aromatic heterocycles. The van der Waals surface area contributed by atoms with Crippen LogP contribution in [-0.2, 0) is 16.3 Å². The van der Waals surface area contributed by atoms with Crippen LogP contribution in [0.2, 0.25) is 0 Å². The lowest BCUT2D eigenvalue weighted by Gasteiger charge is -2.06. The number of rotatable bonds is 3. The molecule has 0 aliphatic carbocycles. The largest absolute Gasteiger partial charge is 0.342 e. The van der Waals surface area contributed by atoms with Gasteiger partial charge in [0, 0.05) is 18.7 Å². The van der Waals surface area contributed by atoms with Crippen LogP contribution in [0.15, 0.2) is 23.1 Å². The van der Waals surface area contributed by atoms with Crippen molar-refractivity contribution in [2.24, 2.45) is 0 Å². The number of fused-ring (bicyclic) bond motifs is 1. The molecule has 1 saturated heterocycles. The molecule has 2 heterocycles. The summed E-state index contributed by atoms with van der Waals surface area (Å²) in [5, 5.41) is 3.42. The lowest BCUT2D eigenvalue weighted by molar-refractivity contribution is 0.589. The van der Waals surface area contributed by atoms with E-state index in [1.54, 1.807) is 12.1 Å². The summed E-state index contributed by atoms with van der Waals surface area (Å²) in [4.78, 5) is 7.99. The van der Waals surface area contributed by atoms with E-state index < -0.39 is 9.84 Å². The minimum atomic E-state index is -3.24. The van der Waals surface area contributed by atoms with Crippen molar-refractivity contribution in [2.75, 3.05) is 12.8 Å². The molecule has 2 N–H and O–H groups in total. The third kappa shape index (κ3) is 2.50. The van der Waals surface area contributed by atoms with Crippen LogP contribution in [0.1, 0.15) is 18.7 Å². The zero-order valence-electron chi connectivity index (χ0n) is 10.8. The van der Waals surface area contributed by atoms with Crippen molar-refractivity contribution in [3.63, 3.8) is 0 Å². The zero-order chi connectivity index (χ0) is 13.5. The van der Waals surface area contributed by atoms with E-state index in [2.05, 4.69) is 15.3 Å². The Balaban J connectivity index is 2.00. The van der Waals surface area contributed by atoms with Crippen molar-refractivity contribution < 1.29 is 8.42 Å². The van der Waals surface area contributed by atoms with Crippen LogP contribution in [0, 0.1) is 0 Å². The summed E-state index contributed by atoms with van der Waals surface area (Å²) in [7, 11) is -3.24. The van der Waals surface area contributed by atoms with E-state index in [1.807, 2.05) is 6.07 Å². The molecule has 1 aliphatic rings. The first-order valence-corrected chi connectivity index (χ1v) is 8.34. The number of nitrogens with one attached hydrogen (secondary N) is 2. The highest BCUT2D eigenvalue weighted by atomic mass is 32.2. The fraction of sp³-hybridized carbons (Fsp3) is 0.462. The van der Waals surface area contributed by atoms with Gasteiger partial charge in [-0.2, -0.15) is 0 Å². The van der Waals surface area contributed by atoms with Gasteiger partial charge in [-0.05, 0) is 31.5 Å². The summed E-state index contributed by atoms with van der Waals surface area (Å²) in [6, 6.07) is 5.66. The van der Waals surface area contributed by atoms with Gasteiger partial charge in [-0.1, -0.05) is 6.07 Å². The molecule has 102 valence electrons. The van der Waals surface area contributed by atoms with Gasteiger partial charge in [0.05, 0.1) is 10.4 Å². The molecule has 5 nitrogen and oxygen atoms in total. The second-order valence-electron chi connectivity index (χ2n) is 5.11. The maximum absolute atomic E-state index is 11.7. The molecule has 0 radical (unpaired) electrons. The Hall–Kier alpha value is -1.40. The molecule has 1 atom stereocenters. The summed E-state index contributed by atoms with van der Waals surface area (Å²) in [6.45, 7) is 1.06. The molecule has 1 aliphatic heterocycles. The number of sulfone groups is 1. The van der Waals surface area contributed by atoms with Crippen molar-refractivity contribution in [3.05, 3.63) is 24.0 Å². The fourth-order valence-corrected chi connectivity index (χ4v) is 3.45. The Labute approximate surface area is 112 Å². The summed E-state index contributed by atoms with van der Waals surface area (Å²) < 4.78 is 23.5. The van der Waals surface area contributed by atoms with E-state index in [0.717, 1.165) is 30.7 Å². The lowest BCUT2D eigenvalue weighted by Crippen LogP contribution is -2.24. The molecule has 1 unspecified atom stereocenters. The van der Waals surface area contributed by atoms with Gasteiger partial charge in [0.25, 0.3) is 0 Å². The number of hydrogen-bond donors (Lipinski definition) is 2. The quantitative estimate of drug-likeness (QED) is 0.887. The number of imidazole rings is 1. The van der Waals surface area contributed by atoms with Crippen LogP contribution in [0.4, 0.5) is 0 Å². The van der Waals surface area contributed by atoms with Crippen molar-refractivity contribution in [1.82, 2.24) is 15.3 Å². The Kier molecular flexibility index (Phi) is 3.06. The number of aromatic amines is 1. The monoisotopic (exact) mass is 279 g/mol. The van der Waals surface area contributed by atoms with Crippen LogP contribution in [-0.4, -0.2) is 37.2 Å². The van der Waals surface area contributed by atoms with Crippen LogP contribution < -0.4 is 5.32 Å². The van der Waals surface area contributed by atoms with Crippen molar-refractivity contribution in [3.8, 4) is 0 Å². The van der Waals surface area contributed by atoms with Gasteiger partial charge < -0.3 is 10.3 Å². The molecular weight excluding hydrogens is 262 g/mol. The number of H-pyrrole nitrogens is 1. The standard InChI is InChI=1S/C13H17N3O2S/c1-19(17,18)11-6-2-5-10-13(11)16-12(15-10)8-9-4-3-7-14-9/h2,5-6,9,14H,3-4,7-8H2,1H3,(H,15,16). The van der Waals surface area contributed by atoms with Gasteiger partial charge in [0.2, 0.25) is 0 Å². The lowest BCUT2D eigenvalue weighted by atomic mass is 10.1. The number of hydrogen-bond acceptors (Lipinski definition) is 4. The molecule has 1 fully saturated rings. The Morgan fingerprint density at radius 1 is 1.42 bits per heavy atom. The molecule has 0 spiro atoms. The summed E-state index contributed by atoms with van der Waals surface area (Å²) >= 11 is 0. The first-order valence-electron chi connectivity index (χ1n) is 6.45. The van der Waals surface area contributed by atoms with Crippen LogP contribution in [0.25, 0.3) is 11.0 Å². The maximum Gasteiger partial charge on any atom is 0.177 e. The smallest absolute Gasteiger partial charge is 0.177 e. The molecule has 3 rings (SSSR count). The average molecular weight is 279 g/mol. The van der Waals surface area contributed by atoms with Gasteiger partial charge in [-0.25, -0.2) is 13.4 Å². The van der Waals surface area contributed by atoms with Gasteiger partial charge in [-0.15, -0.1) is 0 Å². The van der Waals surface area contributed by atoms with E-state index in [1.165, 1.54) is 12.7 Å². The van der Waals surface area contributed by atoms with Gasteiger partial charge in [-0.3, -0.25) is 0 Å². The Morgan fingerprint density at radius 3 is 2.95 bits per heavy atom. The normalized spacial score (nSPS) is 20.2. The SMILES string of the molecule is CS(=O)(=O)c1cccc2[nH]c(CC3CCCN3)nc12. The van der Waals surface area contributed by atoms with Crippen LogP contribution >= 0.6 is 0 Å². The maximum atomic E-state index is 11.7. The number of para-hydroxylation sites is 1. The van der Waals surface area contributed by atoms with Gasteiger partial charge in [0.1, 0.15) is 11.3 Å². The highest BCUT2D eigenvalue weighted by Crippen LogP contribution is 2.22. The van der Waals surface area contributed by atoms with Gasteiger partial charge in [0.15, 0.2) is 9.84 Å². The van der Waals surface area contributed by atoms with E-state index in [0.29, 0.717) is 16.5 Å². The molecule has 6 heteroatoms. The zero-order valence-corrected chi connectivity index (χ0v) is 11.6. The Morgan fingerprint density at radius 2 is 2.26 bits per heavy atom. The molecule has 19 heavy (non-hydrogen) atoms. The number of aromatic nitrogens is 2. The van der Waals surface area contributed by atoms with Gasteiger partial charge >= 0.3 is 0 Å². The first kappa shape index (κ1) is 12.6. The van der Waals surface area contributed by atoms with Crippen molar-refractivity contribution in [2.45, 2.75) is 30.2 Å². The van der Waals surface area contributed by atoms with Crippen molar-refractivity contribution >= 4 is 20.9 Å². The first-order chi connectivity index (χ1) is 9.04.